The number of methoxy groups -OCH3 is 3. The zero-order valence-corrected chi connectivity index (χ0v) is 19.4. The second kappa shape index (κ2) is 10.3. The van der Waals surface area contributed by atoms with Crippen LogP contribution in [-0.2, 0) is 9.53 Å². The van der Waals surface area contributed by atoms with Gasteiger partial charge in [-0.15, -0.1) is 0 Å². The van der Waals surface area contributed by atoms with Crippen LogP contribution in [0, 0.1) is 6.92 Å². The molecule has 2 aromatic carbocycles. The summed E-state index contributed by atoms with van der Waals surface area (Å²) in [5.74, 6) is 0.547. The van der Waals surface area contributed by atoms with Crippen molar-refractivity contribution in [2.24, 2.45) is 4.99 Å². The Labute approximate surface area is 191 Å². The number of nitrogens with zero attached hydrogens (tertiary/aromatic N) is 1. The number of carbonyl (C=O) groups excluding carboxylic acids is 1. The molecule has 2 aromatic rings. The molecule has 0 atom stereocenters. The van der Waals surface area contributed by atoms with Crippen molar-refractivity contribution in [3.05, 3.63) is 63.8 Å². The molecule has 0 aromatic heterocycles. The van der Waals surface area contributed by atoms with Crippen LogP contribution >= 0.6 is 11.8 Å². The summed E-state index contributed by atoms with van der Waals surface area (Å²) in [7, 11) is 4.57. The molecule has 0 radical (unpaired) electrons. The van der Waals surface area contributed by atoms with Gasteiger partial charge in [0.2, 0.25) is 5.75 Å². The fourth-order valence-electron chi connectivity index (χ4n) is 3.11. The number of hydrogen-bond acceptors (Lipinski definition) is 8. The number of aliphatic hydroxyl groups is 1. The molecule has 32 heavy (non-hydrogen) atoms. The van der Waals surface area contributed by atoms with E-state index >= 15 is 0 Å². The van der Waals surface area contributed by atoms with Gasteiger partial charge in [-0.05, 0) is 44.2 Å². The average molecular weight is 456 g/mol. The first-order chi connectivity index (χ1) is 15.4. The Balaban J connectivity index is 2.11. The normalized spacial score (nSPS) is 15.9. The van der Waals surface area contributed by atoms with Crippen LogP contribution in [-0.4, -0.2) is 44.1 Å². The number of aliphatic imine (C=N–C) groups is 1. The van der Waals surface area contributed by atoms with Crippen molar-refractivity contribution >= 4 is 34.5 Å². The fraction of sp³-hybridized carbons (Fsp3) is 0.250. The standard InChI is InChI=1S/C24H25NO6S/c1-6-31-24(27)19-20(26)18(32-23(19)25-16-10-7-14(2)8-11-16)13-15-9-12-17(28-3)22(30-5)21(15)29-4/h7-13,26H,6H2,1-5H3. The Morgan fingerprint density at radius 1 is 1.03 bits per heavy atom. The smallest absolute Gasteiger partial charge is 0.344 e. The van der Waals surface area contributed by atoms with Crippen molar-refractivity contribution in [2.45, 2.75) is 13.8 Å². The van der Waals surface area contributed by atoms with Gasteiger partial charge in [0.15, 0.2) is 11.5 Å². The van der Waals surface area contributed by atoms with Gasteiger partial charge in [0.1, 0.15) is 16.4 Å². The van der Waals surface area contributed by atoms with E-state index in [9.17, 15) is 9.90 Å². The molecule has 0 aliphatic carbocycles. The summed E-state index contributed by atoms with van der Waals surface area (Å²) in [6.07, 6.45) is 1.71. The monoisotopic (exact) mass is 455 g/mol. The van der Waals surface area contributed by atoms with Gasteiger partial charge >= 0.3 is 5.97 Å². The minimum atomic E-state index is -0.633. The van der Waals surface area contributed by atoms with E-state index in [1.54, 1.807) is 25.1 Å². The molecule has 1 N–H and O–H groups in total. The highest BCUT2D eigenvalue weighted by atomic mass is 32.2. The summed E-state index contributed by atoms with van der Waals surface area (Å²) < 4.78 is 21.4. The molecule has 8 heteroatoms. The highest BCUT2D eigenvalue weighted by Crippen LogP contribution is 2.44. The maximum Gasteiger partial charge on any atom is 0.344 e. The molecular weight excluding hydrogens is 430 g/mol. The van der Waals surface area contributed by atoms with E-state index in [0.717, 1.165) is 5.56 Å². The van der Waals surface area contributed by atoms with E-state index in [2.05, 4.69) is 4.99 Å². The van der Waals surface area contributed by atoms with E-state index in [0.29, 0.717) is 38.4 Å². The van der Waals surface area contributed by atoms with Crippen LogP contribution in [0.25, 0.3) is 6.08 Å². The van der Waals surface area contributed by atoms with Crippen LogP contribution < -0.4 is 14.2 Å². The van der Waals surface area contributed by atoms with E-state index < -0.39 is 5.97 Å². The van der Waals surface area contributed by atoms with Crippen molar-refractivity contribution in [3.63, 3.8) is 0 Å². The molecule has 0 amide bonds. The van der Waals surface area contributed by atoms with Gasteiger partial charge in [0.05, 0.1) is 38.5 Å². The second-order valence-corrected chi connectivity index (χ2v) is 7.76. The SMILES string of the molecule is CCOC(=O)C1=C(O)C(=Cc2ccc(OC)c(OC)c2OC)SC1=Nc1ccc(C)cc1. The zero-order chi connectivity index (χ0) is 23.3. The third-order valence-electron chi connectivity index (χ3n) is 4.66. The third-order valence-corrected chi connectivity index (χ3v) is 5.68. The van der Waals surface area contributed by atoms with Crippen LogP contribution in [0.2, 0.25) is 0 Å². The molecule has 0 saturated carbocycles. The molecule has 7 nitrogen and oxygen atoms in total. The molecule has 0 fully saturated rings. The molecule has 1 aliphatic rings. The Morgan fingerprint density at radius 3 is 2.31 bits per heavy atom. The predicted octanol–water partition coefficient (Wildman–Crippen LogP) is 5.21. The summed E-state index contributed by atoms with van der Waals surface area (Å²) in [5, 5.41) is 11.3. The maximum atomic E-state index is 12.6. The quantitative estimate of drug-likeness (QED) is 0.573. The number of rotatable bonds is 7. The number of aryl methyl sites for hydroxylation is 1. The minimum Gasteiger partial charge on any atom is -0.506 e. The molecule has 3 rings (SSSR count). The summed E-state index contributed by atoms with van der Waals surface area (Å²) >= 11 is 1.18. The van der Waals surface area contributed by atoms with E-state index in [1.807, 2.05) is 31.2 Å². The maximum absolute atomic E-state index is 12.6. The molecule has 1 aliphatic heterocycles. The topological polar surface area (TPSA) is 86.6 Å². The molecule has 168 valence electrons. The number of carbonyl (C=O) groups is 1. The van der Waals surface area contributed by atoms with Gasteiger partial charge in [-0.3, -0.25) is 0 Å². The minimum absolute atomic E-state index is 0.0307. The first-order valence-corrected chi connectivity index (χ1v) is 10.7. The number of aliphatic hydroxyl groups excluding tert-OH is 1. The van der Waals surface area contributed by atoms with Crippen molar-refractivity contribution in [2.75, 3.05) is 27.9 Å². The molecule has 0 spiro atoms. The van der Waals surface area contributed by atoms with Crippen LogP contribution in [0.15, 0.2) is 57.6 Å². The van der Waals surface area contributed by atoms with Gasteiger partial charge in [-0.25, -0.2) is 9.79 Å². The van der Waals surface area contributed by atoms with Gasteiger partial charge in [0.25, 0.3) is 0 Å². The number of thioether (sulfide) groups is 1. The van der Waals surface area contributed by atoms with Crippen molar-refractivity contribution in [3.8, 4) is 17.2 Å². The summed E-state index contributed by atoms with van der Waals surface area (Å²) in [6, 6.07) is 11.1. The van der Waals surface area contributed by atoms with E-state index in [4.69, 9.17) is 18.9 Å². The van der Waals surface area contributed by atoms with E-state index in [1.165, 1.54) is 33.1 Å². The average Bonchev–Trinajstić information content (AvgIpc) is 3.09. The Kier molecular flexibility index (Phi) is 7.48. The molecule has 0 unspecified atom stereocenters. The fourth-order valence-corrected chi connectivity index (χ4v) is 4.13. The molecular formula is C24H25NO6S. The largest absolute Gasteiger partial charge is 0.506 e. The number of benzene rings is 2. The second-order valence-electron chi connectivity index (χ2n) is 6.73. The lowest BCUT2D eigenvalue weighted by Crippen LogP contribution is -2.12. The lowest BCUT2D eigenvalue weighted by atomic mass is 10.1. The summed E-state index contributed by atoms with van der Waals surface area (Å²) in [5.41, 5.74) is 2.43. The Hall–Kier alpha value is -3.39. The number of esters is 1. The van der Waals surface area contributed by atoms with Gasteiger partial charge in [-0.1, -0.05) is 29.5 Å². The van der Waals surface area contributed by atoms with Crippen LogP contribution in [0.5, 0.6) is 17.2 Å². The highest BCUT2D eigenvalue weighted by Gasteiger charge is 2.33. The zero-order valence-electron chi connectivity index (χ0n) is 18.6. The molecule has 1 heterocycles. The first-order valence-electron chi connectivity index (χ1n) is 9.88. The van der Waals surface area contributed by atoms with Crippen LogP contribution in [0.4, 0.5) is 5.69 Å². The highest BCUT2D eigenvalue weighted by molar-refractivity contribution is 8.18. The number of ether oxygens (including phenoxy) is 4. The summed E-state index contributed by atoms with van der Waals surface area (Å²) in [4.78, 5) is 17.6. The van der Waals surface area contributed by atoms with Gasteiger partial charge in [-0.2, -0.15) is 0 Å². The van der Waals surface area contributed by atoms with Crippen molar-refractivity contribution < 1.29 is 28.8 Å². The van der Waals surface area contributed by atoms with Crippen molar-refractivity contribution in [1.29, 1.82) is 0 Å². The van der Waals surface area contributed by atoms with Crippen LogP contribution in [0.1, 0.15) is 18.1 Å². The Morgan fingerprint density at radius 2 is 1.72 bits per heavy atom. The van der Waals surface area contributed by atoms with Crippen LogP contribution in [0.3, 0.4) is 0 Å². The molecule has 0 saturated heterocycles. The number of hydrogen-bond donors (Lipinski definition) is 1. The lowest BCUT2D eigenvalue weighted by molar-refractivity contribution is -0.138. The summed E-state index contributed by atoms with van der Waals surface area (Å²) in [6.45, 7) is 3.87. The van der Waals surface area contributed by atoms with Gasteiger partial charge < -0.3 is 24.1 Å². The first kappa shape index (κ1) is 23.3. The molecule has 0 bridgehead atoms. The third kappa shape index (κ3) is 4.75. The van der Waals surface area contributed by atoms with Crippen molar-refractivity contribution in [1.82, 2.24) is 0 Å². The predicted molar refractivity (Wildman–Crippen MR) is 126 cm³/mol. The Bertz CT molecular complexity index is 1100. The van der Waals surface area contributed by atoms with Gasteiger partial charge in [0, 0.05) is 5.56 Å². The van der Waals surface area contributed by atoms with E-state index in [-0.39, 0.29) is 17.9 Å². The lowest BCUT2D eigenvalue weighted by Gasteiger charge is -2.14.